The van der Waals surface area contributed by atoms with Crippen molar-refractivity contribution in [1.29, 1.82) is 0 Å². The second-order valence-electron chi connectivity index (χ2n) is 3.23. The minimum atomic E-state index is 0. The molecule has 15 heavy (non-hydrogen) atoms. The molecule has 2 N–H and O–H groups in total. The molecule has 0 amide bonds. The molecule has 0 saturated heterocycles. The van der Waals surface area contributed by atoms with E-state index in [4.69, 9.17) is 5.73 Å². The van der Waals surface area contributed by atoms with E-state index >= 15 is 0 Å². The minimum Gasteiger partial charge on any atom is -0.324 e. The van der Waals surface area contributed by atoms with Crippen molar-refractivity contribution in [2.75, 3.05) is 0 Å². The third kappa shape index (κ3) is 2.81. The van der Waals surface area contributed by atoms with Crippen molar-refractivity contribution in [3.05, 3.63) is 42.2 Å². The van der Waals surface area contributed by atoms with E-state index in [2.05, 4.69) is 11.1 Å². The molecule has 0 aliphatic heterocycles. The van der Waals surface area contributed by atoms with Gasteiger partial charge in [-0.2, -0.15) is 0 Å². The van der Waals surface area contributed by atoms with Crippen LogP contribution in [-0.2, 0) is 0 Å². The van der Waals surface area contributed by atoms with E-state index in [1.807, 2.05) is 31.3 Å². The Morgan fingerprint density at radius 1 is 1.20 bits per heavy atom. The van der Waals surface area contributed by atoms with Gasteiger partial charge >= 0.3 is 0 Å². The van der Waals surface area contributed by atoms with Crippen LogP contribution < -0.4 is 5.73 Å². The maximum absolute atomic E-state index is 5.86. The van der Waals surface area contributed by atoms with Gasteiger partial charge in [-0.1, -0.05) is 18.2 Å². The normalized spacial score (nSPS) is 11.3. The van der Waals surface area contributed by atoms with Crippen molar-refractivity contribution in [2.45, 2.75) is 13.0 Å². The first-order valence-corrected chi connectivity index (χ1v) is 4.37. The van der Waals surface area contributed by atoms with Gasteiger partial charge in [0.25, 0.3) is 0 Å². The Kier molecular flexibility index (Phi) is 5.58. The lowest BCUT2D eigenvalue weighted by Crippen LogP contribution is -2.05. The Morgan fingerprint density at radius 2 is 1.93 bits per heavy atom. The van der Waals surface area contributed by atoms with E-state index in [0.717, 1.165) is 5.39 Å². The third-order valence-corrected chi connectivity index (χ3v) is 2.21. The molecule has 1 atom stereocenters. The van der Waals surface area contributed by atoms with Gasteiger partial charge in [-0.25, -0.2) is 0 Å². The molecule has 1 heterocycles. The van der Waals surface area contributed by atoms with Crippen molar-refractivity contribution in [3.63, 3.8) is 0 Å². The summed E-state index contributed by atoms with van der Waals surface area (Å²) in [5.74, 6) is 0. The fourth-order valence-electron chi connectivity index (χ4n) is 1.54. The first-order valence-electron chi connectivity index (χ1n) is 4.37. The topological polar surface area (TPSA) is 38.9 Å². The molecule has 0 aliphatic rings. The van der Waals surface area contributed by atoms with Crippen LogP contribution in [0.4, 0.5) is 0 Å². The predicted octanol–water partition coefficient (Wildman–Crippen LogP) is 3.10. The highest BCUT2D eigenvalue weighted by molar-refractivity contribution is 5.86. The Morgan fingerprint density at radius 3 is 2.60 bits per heavy atom. The molecule has 0 saturated carbocycles. The van der Waals surface area contributed by atoms with E-state index in [0.29, 0.717) is 0 Å². The van der Waals surface area contributed by atoms with Crippen LogP contribution in [0.5, 0.6) is 0 Å². The molecule has 2 nitrogen and oxygen atoms in total. The Balaban J connectivity index is 0.000000980. The summed E-state index contributed by atoms with van der Waals surface area (Å²) in [7, 11) is 0. The predicted molar refractivity (Wildman–Crippen MR) is 68.8 cm³/mol. The molecule has 0 unspecified atom stereocenters. The van der Waals surface area contributed by atoms with E-state index in [9.17, 15) is 0 Å². The van der Waals surface area contributed by atoms with Gasteiger partial charge < -0.3 is 5.73 Å². The number of halogens is 2. The van der Waals surface area contributed by atoms with Crippen LogP contribution in [0.25, 0.3) is 10.8 Å². The van der Waals surface area contributed by atoms with Gasteiger partial charge in [0.2, 0.25) is 0 Å². The van der Waals surface area contributed by atoms with Gasteiger partial charge in [0.1, 0.15) is 0 Å². The van der Waals surface area contributed by atoms with Crippen LogP contribution in [0.1, 0.15) is 18.5 Å². The SMILES string of the molecule is C[C@H](N)c1cccc2cnccc12.Cl.Cl. The highest BCUT2D eigenvalue weighted by atomic mass is 35.5. The Labute approximate surface area is 102 Å². The summed E-state index contributed by atoms with van der Waals surface area (Å²) in [5.41, 5.74) is 7.04. The highest BCUT2D eigenvalue weighted by Crippen LogP contribution is 2.21. The molecule has 1 aromatic heterocycles. The summed E-state index contributed by atoms with van der Waals surface area (Å²) in [5, 5.41) is 2.35. The fourth-order valence-corrected chi connectivity index (χ4v) is 1.54. The Bertz CT molecular complexity index is 424. The first-order chi connectivity index (χ1) is 6.29. The number of nitrogens with two attached hydrogens (primary N) is 1. The molecule has 1 aromatic carbocycles. The van der Waals surface area contributed by atoms with Gasteiger partial charge in [-0.3, -0.25) is 4.98 Å². The summed E-state index contributed by atoms with van der Waals surface area (Å²) >= 11 is 0. The number of nitrogens with zero attached hydrogens (tertiary/aromatic N) is 1. The van der Waals surface area contributed by atoms with Crippen molar-refractivity contribution in [1.82, 2.24) is 4.98 Å². The summed E-state index contributed by atoms with van der Waals surface area (Å²) in [6.07, 6.45) is 3.66. The minimum absolute atomic E-state index is 0. The van der Waals surface area contributed by atoms with Crippen molar-refractivity contribution < 1.29 is 0 Å². The average Bonchev–Trinajstić information content (AvgIpc) is 2.17. The maximum Gasteiger partial charge on any atom is 0.0346 e. The molecule has 0 fully saturated rings. The second kappa shape index (κ2) is 5.91. The van der Waals surface area contributed by atoms with Gasteiger partial charge in [0.05, 0.1) is 0 Å². The zero-order valence-corrected chi connectivity index (χ0v) is 10.0. The second-order valence-corrected chi connectivity index (χ2v) is 3.23. The summed E-state index contributed by atoms with van der Waals surface area (Å²) < 4.78 is 0. The zero-order valence-electron chi connectivity index (χ0n) is 8.38. The van der Waals surface area contributed by atoms with Gasteiger partial charge in [0, 0.05) is 23.8 Å². The van der Waals surface area contributed by atoms with Crippen LogP contribution in [-0.4, -0.2) is 4.98 Å². The fraction of sp³-hybridized carbons (Fsp3) is 0.182. The van der Waals surface area contributed by atoms with E-state index in [1.54, 1.807) is 6.20 Å². The van der Waals surface area contributed by atoms with Crippen molar-refractivity contribution in [2.24, 2.45) is 5.73 Å². The molecular formula is C11H14Cl2N2. The third-order valence-electron chi connectivity index (χ3n) is 2.21. The van der Waals surface area contributed by atoms with Crippen molar-refractivity contribution >= 4 is 35.6 Å². The van der Waals surface area contributed by atoms with Crippen LogP contribution in [0.3, 0.4) is 0 Å². The average molecular weight is 245 g/mol. The number of fused-ring (bicyclic) bond motifs is 1. The summed E-state index contributed by atoms with van der Waals surface area (Å²) in [6, 6.07) is 8.21. The van der Waals surface area contributed by atoms with Crippen LogP contribution in [0, 0.1) is 0 Å². The molecule has 0 bridgehead atoms. The van der Waals surface area contributed by atoms with Gasteiger partial charge in [0.15, 0.2) is 0 Å². The molecule has 2 rings (SSSR count). The molecule has 0 spiro atoms. The van der Waals surface area contributed by atoms with Gasteiger partial charge in [-0.05, 0) is 23.9 Å². The first kappa shape index (κ1) is 14.2. The van der Waals surface area contributed by atoms with Gasteiger partial charge in [-0.15, -0.1) is 24.8 Å². The van der Waals surface area contributed by atoms with Crippen LogP contribution in [0.2, 0.25) is 0 Å². The number of hydrogen-bond donors (Lipinski definition) is 1. The molecule has 82 valence electrons. The van der Waals surface area contributed by atoms with Crippen LogP contribution >= 0.6 is 24.8 Å². The highest BCUT2D eigenvalue weighted by Gasteiger charge is 2.03. The lowest BCUT2D eigenvalue weighted by atomic mass is 10.0. The molecule has 0 aliphatic carbocycles. The number of hydrogen-bond acceptors (Lipinski definition) is 2. The van der Waals surface area contributed by atoms with E-state index in [-0.39, 0.29) is 30.9 Å². The summed E-state index contributed by atoms with van der Waals surface area (Å²) in [6.45, 7) is 2.00. The Hall–Kier alpha value is -0.830. The number of rotatable bonds is 1. The monoisotopic (exact) mass is 244 g/mol. The van der Waals surface area contributed by atoms with E-state index in [1.165, 1.54) is 10.9 Å². The standard InChI is InChI=1S/C11H12N2.2ClH/c1-8(12)10-4-2-3-9-7-13-6-5-11(9)10;;/h2-8H,12H2,1H3;2*1H/t8-;;/m0../s1. The largest absolute Gasteiger partial charge is 0.324 e. The number of benzene rings is 1. The van der Waals surface area contributed by atoms with Crippen molar-refractivity contribution in [3.8, 4) is 0 Å². The number of pyridine rings is 1. The molecular weight excluding hydrogens is 231 g/mol. The van der Waals surface area contributed by atoms with Crippen LogP contribution in [0.15, 0.2) is 36.7 Å². The molecule has 0 radical (unpaired) electrons. The molecule has 4 heteroatoms. The summed E-state index contributed by atoms with van der Waals surface area (Å²) in [4.78, 5) is 4.07. The maximum atomic E-state index is 5.86. The smallest absolute Gasteiger partial charge is 0.0346 e. The molecule has 2 aromatic rings. The quantitative estimate of drug-likeness (QED) is 0.838. The number of aromatic nitrogens is 1. The van der Waals surface area contributed by atoms with E-state index < -0.39 is 0 Å². The zero-order chi connectivity index (χ0) is 9.26. The lowest BCUT2D eigenvalue weighted by molar-refractivity contribution is 0.826. The lowest BCUT2D eigenvalue weighted by Gasteiger charge is -2.08.